The second kappa shape index (κ2) is 10.3. The molecule has 166 valence electrons. The van der Waals surface area contributed by atoms with Crippen molar-refractivity contribution in [3.63, 3.8) is 0 Å². The highest BCUT2D eigenvalue weighted by Crippen LogP contribution is 2.33. The highest BCUT2D eigenvalue weighted by Gasteiger charge is 2.25. The molecule has 0 bridgehead atoms. The highest BCUT2D eigenvalue weighted by molar-refractivity contribution is 7.13. The third kappa shape index (κ3) is 6.10. The second-order valence-corrected chi connectivity index (χ2v) is 9.41. The molecule has 0 unspecified atom stereocenters. The summed E-state index contributed by atoms with van der Waals surface area (Å²) in [7, 11) is -4.94. The lowest BCUT2D eigenvalue weighted by molar-refractivity contribution is -2.00. The van der Waals surface area contributed by atoms with Crippen molar-refractivity contribution in [3.8, 4) is 38.0 Å². The van der Waals surface area contributed by atoms with E-state index in [-0.39, 0.29) is 0 Å². The van der Waals surface area contributed by atoms with Crippen LogP contribution in [0.2, 0.25) is 0 Å². The van der Waals surface area contributed by atoms with Crippen molar-refractivity contribution in [1.29, 1.82) is 0 Å². The molecule has 0 aliphatic heterocycles. The van der Waals surface area contributed by atoms with E-state index >= 15 is 0 Å². The molecule has 4 aromatic heterocycles. The maximum atomic E-state index is 8.49. The monoisotopic (exact) mass is 496 g/mol. The molecule has 33 heavy (non-hydrogen) atoms. The van der Waals surface area contributed by atoms with Gasteiger partial charge in [0, 0.05) is 36.7 Å². The summed E-state index contributed by atoms with van der Waals surface area (Å²) < 4.78 is 36.3. The fraction of sp³-hybridized carbons (Fsp3) is 0. The van der Waals surface area contributed by atoms with Gasteiger partial charge in [-0.25, -0.2) is 18.6 Å². The quantitative estimate of drug-likeness (QED) is 0.352. The Morgan fingerprint density at radius 2 is 1.15 bits per heavy atom. The van der Waals surface area contributed by atoms with Crippen molar-refractivity contribution in [3.05, 3.63) is 102 Å². The van der Waals surface area contributed by atoms with E-state index in [0.717, 1.165) is 5.69 Å². The van der Waals surface area contributed by atoms with E-state index in [9.17, 15) is 0 Å². The number of aromatic nitrogens is 2. The zero-order valence-electron chi connectivity index (χ0n) is 17.0. The van der Waals surface area contributed by atoms with Crippen molar-refractivity contribution in [2.75, 3.05) is 0 Å². The third-order valence-corrected chi connectivity index (χ3v) is 6.43. The van der Waals surface area contributed by atoms with Crippen LogP contribution in [0.15, 0.2) is 102 Å². The molecule has 0 spiro atoms. The van der Waals surface area contributed by atoms with Crippen LogP contribution < -0.4 is 23.2 Å². The lowest BCUT2D eigenvalue weighted by Crippen LogP contribution is -2.68. The fourth-order valence-corrected chi connectivity index (χ4v) is 4.84. The van der Waals surface area contributed by atoms with E-state index in [1.165, 1.54) is 32.3 Å². The summed E-state index contributed by atoms with van der Waals surface area (Å²) in [5.74, 6) is 0. The zero-order valence-corrected chi connectivity index (χ0v) is 19.4. The van der Waals surface area contributed by atoms with Gasteiger partial charge in [-0.3, -0.25) is 4.98 Å². The summed E-state index contributed by atoms with van der Waals surface area (Å²) in [4.78, 5) is 6.70. The first-order valence-electron chi connectivity index (χ1n) is 9.65. The maximum absolute atomic E-state index is 8.49. The Balaban J connectivity index is 0.000000471. The van der Waals surface area contributed by atoms with Crippen molar-refractivity contribution in [2.45, 2.75) is 0 Å². The normalized spacial score (nSPS) is 11.0. The molecule has 0 fully saturated rings. The number of hydrogen-bond acceptors (Lipinski definition) is 7. The van der Waals surface area contributed by atoms with Crippen molar-refractivity contribution < 1.29 is 33.4 Å². The molecule has 5 rings (SSSR count). The summed E-state index contributed by atoms with van der Waals surface area (Å²) in [6.07, 6.45) is 3.70. The minimum atomic E-state index is -4.94. The van der Waals surface area contributed by atoms with Crippen LogP contribution in [0, 0.1) is 10.2 Å². The molecule has 1 aromatic carbocycles. The molecule has 0 N–H and O–H groups in total. The van der Waals surface area contributed by atoms with Gasteiger partial charge in [-0.15, -0.1) is 32.9 Å². The SMILES string of the molecule is [O-][Cl+3]([O-])([O-])[O-].c1ccc(-c2cc(-c3cccs3)[n+](-c3ccncc3)c(-c3cccs3)c2)cc1. The van der Waals surface area contributed by atoms with Gasteiger partial charge in [0.1, 0.15) is 0 Å². The Kier molecular flexibility index (Phi) is 7.26. The van der Waals surface area contributed by atoms with E-state index < -0.39 is 10.2 Å². The predicted octanol–water partition coefficient (Wildman–Crippen LogP) is 1.73. The molecule has 0 atom stereocenters. The Morgan fingerprint density at radius 3 is 1.61 bits per heavy atom. The van der Waals surface area contributed by atoms with E-state index in [0.29, 0.717) is 0 Å². The van der Waals surface area contributed by atoms with E-state index in [2.05, 4.69) is 99.2 Å². The van der Waals surface area contributed by atoms with Crippen LogP contribution in [-0.4, -0.2) is 4.98 Å². The molecule has 0 radical (unpaired) electrons. The average Bonchev–Trinajstić information content (AvgIpc) is 3.53. The Morgan fingerprint density at radius 1 is 0.636 bits per heavy atom. The molecule has 0 aliphatic rings. The first-order valence-corrected chi connectivity index (χ1v) is 12.6. The fourth-order valence-electron chi connectivity index (χ4n) is 3.37. The van der Waals surface area contributed by atoms with E-state index in [4.69, 9.17) is 18.6 Å². The summed E-state index contributed by atoms with van der Waals surface area (Å²) in [5, 5.41) is 4.26. The number of pyridine rings is 2. The number of rotatable bonds is 4. The van der Waals surface area contributed by atoms with Crippen molar-refractivity contribution in [2.24, 2.45) is 0 Å². The Bertz CT molecular complexity index is 1230. The lowest BCUT2D eigenvalue weighted by atomic mass is 10.0. The molecule has 0 amide bonds. The number of halogens is 1. The summed E-state index contributed by atoms with van der Waals surface area (Å²) in [6, 6.07) is 27.9. The number of nitrogens with zero attached hydrogens (tertiary/aromatic N) is 2. The highest BCUT2D eigenvalue weighted by atomic mass is 35.7. The number of benzene rings is 1. The smallest absolute Gasteiger partial charge is 0.229 e. The third-order valence-electron chi connectivity index (χ3n) is 4.64. The van der Waals surface area contributed by atoms with Crippen LogP contribution in [-0.2, 0) is 0 Å². The first-order chi connectivity index (χ1) is 15.9. The topological polar surface area (TPSA) is 109 Å². The molecule has 0 aliphatic carbocycles. The molecular formula is C24H17ClN2O4S2. The number of thiophene rings is 2. The van der Waals surface area contributed by atoms with Crippen LogP contribution in [0.25, 0.3) is 38.0 Å². The van der Waals surface area contributed by atoms with E-state index in [1.807, 2.05) is 12.4 Å². The zero-order chi connectivity index (χ0) is 23.3. The molecule has 6 nitrogen and oxygen atoms in total. The number of hydrogen-bond donors (Lipinski definition) is 0. The molecule has 0 saturated carbocycles. The van der Waals surface area contributed by atoms with Gasteiger partial charge >= 0.3 is 0 Å². The molecule has 0 saturated heterocycles. The van der Waals surface area contributed by atoms with E-state index in [1.54, 1.807) is 22.7 Å². The Labute approximate surface area is 200 Å². The van der Waals surface area contributed by atoms with Gasteiger partial charge in [0.05, 0.1) is 9.75 Å². The van der Waals surface area contributed by atoms with Gasteiger partial charge in [-0.05, 0) is 34.0 Å². The van der Waals surface area contributed by atoms with Crippen LogP contribution in [0.5, 0.6) is 0 Å². The summed E-state index contributed by atoms with van der Waals surface area (Å²) in [5.41, 5.74) is 5.93. The van der Waals surface area contributed by atoms with Gasteiger partial charge in [-0.1, -0.05) is 42.5 Å². The molecule has 4 heterocycles. The Hall–Kier alpha value is -2.95. The van der Waals surface area contributed by atoms with Crippen LogP contribution in [0.4, 0.5) is 0 Å². The molecule has 5 aromatic rings. The summed E-state index contributed by atoms with van der Waals surface area (Å²) >= 11 is 3.52. The standard InChI is InChI=1S/C24H17N2S2.ClHO4/c1-2-6-18(7-3-1)19-16-21(23-8-4-14-27-23)26(20-10-12-25-13-11-20)22(17-19)24-9-5-15-28-24;2-1(3,4)5/h1-17H;(H,2,3,4,5)/q+1;/p-1. The van der Waals surface area contributed by atoms with Gasteiger partial charge in [0.2, 0.25) is 17.1 Å². The van der Waals surface area contributed by atoms with Crippen LogP contribution in [0.1, 0.15) is 0 Å². The average molecular weight is 497 g/mol. The predicted molar refractivity (Wildman–Crippen MR) is 118 cm³/mol. The van der Waals surface area contributed by atoms with Crippen molar-refractivity contribution in [1.82, 2.24) is 4.98 Å². The van der Waals surface area contributed by atoms with Crippen LogP contribution >= 0.6 is 22.7 Å². The second-order valence-electron chi connectivity index (χ2n) is 6.75. The minimum Gasteiger partial charge on any atom is -0.264 e. The van der Waals surface area contributed by atoms with Gasteiger partial charge in [0.25, 0.3) is 0 Å². The van der Waals surface area contributed by atoms with Gasteiger partial charge < -0.3 is 0 Å². The van der Waals surface area contributed by atoms with Gasteiger partial charge in [-0.2, -0.15) is 4.57 Å². The molecule has 9 heteroatoms. The maximum Gasteiger partial charge on any atom is 0.229 e. The first kappa shape index (κ1) is 23.2. The summed E-state index contributed by atoms with van der Waals surface area (Å²) in [6.45, 7) is 0. The van der Waals surface area contributed by atoms with Crippen LogP contribution in [0.3, 0.4) is 0 Å². The minimum absolute atomic E-state index is 1.11. The largest absolute Gasteiger partial charge is 0.264 e. The lowest BCUT2D eigenvalue weighted by Gasteiger charge is -2.17. The van der Waals surface area contributed by atoms with Gasteiger partial charge in [0.15, 0.2) is 0 Å². The van der Waals surface area contributed by atoms with Crippen molar-refractivity contribution >= 4 is 22.7 Å². The molecular weight excluding hydrogens is 480 g/mol.